The molecule has 0 radical (unpaired) electrons. The van der Waals surface area contributed by atoms with Gasteiger partial charge in [0.1, 0.15) is 19.3 Å². The van der Waals surface area contributed by atoms with E-state index < -0.39 is 97.5 Å². The summed E-state index contributed by atoms with van der Waals surface area (Å²) in [7, 11) is -9.90. The molecule has 0 aliphatic carbocycles. The minimum atomic E-state index is -4.95. The van der Waals surface area contributed by atoms with E-state index in [1.807, 2.05) is 0 Å². The molecule has 0 aromatic carbocycles. The fourth-order valence-electron chi connectivity index (χ4n) is 10.9. The largest absolute Gasteiger partial charge is 0.472 e. The first kappa shape index (κ1) is 89.1. The Bertz CT molecular complexity index is 1770. The molecule has 0 spiro atoms. The standard InChI is InChI=1S/C72H140O17P2/c1-7-11-13-15-17-19-20-21-22-23-24-32-38-44-50-56-71(76)89-68(61-83-70(75)55-49-43-37-31-27-25-29-34-40-46-52-64(5)9-3)63-87-91(80,81)85-59-66(73)58-84-90(78,79)86-62-67(60-82-69(74)54-48-42-36-18-16-14-12-8-2)88-72(77)57-51-45-39-33-28-26-30-35-41-47-53-65(6)10-4/h64-68,73H,7-63H2,1-6H3,(H,78,79)(H,80,81)/t64?,65?,66-,67+,68+/m0/s1. The number of carbonyl (C=O) groups excluding carboxylic acids is 4. The van der Waals surface area contributed by atoms with Gasteiger partial charge in [0.25, 0.3) is 0 Å². The second-order valence-electron chi connectivity index (χ2n) is 26.5. The summed E-state index contributed by atoms with van der Waals surface area (Å²) in [6.07, 6.45) is 49.7. The minimum absolute atomic E-state index is 0.106. The quantitative estimate of drug-likeness (QED) is 0.0222. The number of ether oxygens (including phenoxy) is 4. The third-order valence-corrected chi connectivity index (χ3v) is 19.3. The van der Waals surface area contributed by atoms with Gasteiger partial charge in [-0.2, -0.15) is 0 Å². The molecule has 91 heavy (non-hydrogen) atoms. The molecule has 3 N–H and O–H groups in total. The van der Waals surface area contributed by atoms with E-state index in [0.717, 1.165) is 108 Å². The fourth-order valence-corrected chi connectivity index (χ4v) is 12.5. The van der Waals surface area contributed by atoms with Gasteiger partial charge in [-0.3, -0.25) is 37.3 Å². The van der Waals surface area contributed by atoms with Gasteiger partial charge in [0.05, 0.1) is 26.4 Å². The fraction of sp³-hybridized carbons (Fsp3) is 0.944. The van der Waals surface area contributed by atoms with Gasteiger partial charge in [0.15, 0.2) is 12.2 Å². The number of carbonyl (C=O) groups is 4. The molecule has 0 amide bonds. The summed E-state index contributed by atoms with van der Waals surface area (Å²) in [5.41, 5.74) is 0. The van der Waals surface area contributed by atoms with Gasteiger partial charge in [0.2, 0.25) is 0 Å². The van der Waals surface area contributed by atoms with Gasteiger partial charge >= 0.3 is 39.5 Å². The van der Waals surface area contributed by atoms with Crippen molar-refractivity contribution >= 4 is 39.5 Å². The average molecular weight is 1340 g/mol. The van der Waals surface area contributed by atoms with Gasteiger partial charge in [0, 0.05) is 25.7 Å². The van der Waals surface area contributed by atoms with Crippen LogP contribution >= 0.6 is 15.6 Å². The number of phosphoric ester groups is 2. The molecule has 0 rings (SSSR count). The normalized spacial score (nSPS) is 14.7. The molecule has 0 fully saturated rings. The van der Waals surface area contributed by atoms with Gasteiger partial charge in [-0.05, 0) is 37.5 Å². The number of hydrogen-bond acceptors (Lipinski definition) is 15. The number of esters is 4. The zero-order valence-electron chi connectivity index (χ0n) is 59.1. The Morgan fingerprint density at radius 1 is 0.308 bits per heavy atom. The van der Waals surface area contributed by atoms with Crippen LogP contribution in [-0.4, -0.2) is 96.7 Å². The third kappa shape index (κ3) is 63.9. The van der Waals surface area contributed by atoms with E-state index in [1.165, 1.54) is 180 Å². The van der Waals surface area contributed by atoms with Crippen LogP contribution in [-0.2, 0) is 65.4 Å². The second-order valence-corrected chi connectivity index (χ2v) is 29.4. The Kier molecular flexibility index (Phi) is 62.7. The van der Waals surface area contributed by atoms with Crippen molar-refractivity contribution in [2.75, 3.05) is 39.6 Å². The molecule has 7 atom stereocenters. The molecule has 0 bridgehead atoms. The number of unbranched alkanes of at least 4 members (excludes halogenated alkanes) is 39. The van der Waals surface area contributed by atoms with E-state index in [9.17, 15) is 43.2 Å². The summed E-state index contributed by atoms with van der Waals surface area (Å²) in [4.78, 5) is 72.6. The number of aliphatic hydroxyl groups is 1. The topological polar surface area (TPSA) is 237 Å². The highest BCUT2D eigenvalue weighted by Gasteiger charge is 2.30. The van der Waals surface area contributed by atoms with E-state index in [1.54, 1.807) is 0 Å². The highest BCUT2D eigenvalue weighted by molar-refractivity contribution is 7.47. The average Bonchev–Trinajstić information content (AvgIpc) is 3.60. The molecular weight excluding hydrogens is 1200 g/mol. The molecule has 0 aliphatic rings. The van der Waals surface area contributed by atoms with E-state index >= 15 is 0 Å². The first-order valence-electron chi connectivity index (χ1n) is 37.6. The Morgan fingerprint density at radius 2 is 0.527 bits per heavy atom. The SMILES string of the molecule is CCCCCCCCCCCCCCCCCC(=O)O[C@H](COC(=O)CCCCCCCCCCCCC(C)CC)COP(=O)(O)OC[C@@H](O)COP(=O)(O)OC[C@@H](COC(=O)CCCCCCCCCC)OC(=O)CCCCCCCCCCCCC(C)CC. The summed E-state index contributed by atoms with van der Waals surface area (Å²) >= 11 is 0. The first-order valence-corrected chi connectivity index (χ1v) is 40.6. The summed E-state index contributed by atoms with van der Waals surface area (Å²) in [5, 5.41) is 10.6. The van der Waals surface area contributed by atoms with Crippen LogP contribution in [0, 0.1) is 11.8 Å². The lowest BCUT2D eigenvalue weighted by molar-refractivity contribution is -0.161. The van der Waals surface area contributed by atoms with E-state index in [-0.39, 0.29) is 25.7 Å². The van der Waals surface area contributed by atoms with Crippen LogP contribution in [0.1, 0.15) is 369 Å². The van der Waals surface area contributed by atoms with Crippen molar-refractivity contribution in [1.29, 1.82) is 0 Å². The van der Waals surface area contributed by atoms with E-state index in [2.05, 4.69) is 41.5 Å². The predicted molar refractivity (Wildman–Crippen MR) is 368 cm³/mol. The van der Waals surface area contributed by atoms with E-state index in [4.69, 9.17) is 37.0 Å². The molecule has 0 aliphatic heterocycles. The third-order valence-electron chi connectivity index (χ3n) is 17.4. The number of hydrogen-bond donors (Lipinski definition) is 3. The molecular formula is C72H140O17P2. The van der Waals surface area contributed by atoms with Crippen LogP contribution in [0.15, 0.2) is 0 Å². The Morgan fingerprint density at radius 3 is 0.780 bits per heavy atom. The van der Waals surface area contributed by atoms with Crippen molar-refractivity contribution in [3.8, 4) is 0 Å². The van der Waals surface area contributed by atoms with Crippen LogP contribution in [0.3, 0.4) is 0 Å². The predicted octanol–water partition coefficient (Wildman–Crippen LogP) is 20.8. The number of rotatable bonds is 71. The molecule has 0 heterocycles. The van der Waals surface area contributed by atoms with Crippen molar-refractivity contribution in [3.63, 3.8) is 0 Å². The Hall–Kier alpha value is -1.94. The van der Waals surface area contributed by atoms with Gasteiger partial charge in [-0.25, -0.2) is 9.13 Å². The second kappa shape index (κ2) is 64.1. The first-order chi connectivity index (χ1) is 43.9. The Labute approximate surface area is 556 Å². The van der Waals surface area contributed by atoms with Crippen LogP contribution in [0.5, 0.6) is 0 Å². The monoisotopic (exact) mass is 1340 g/mol. The van der Waals surface area contributed by atoms with Gasteiger partial charge < -0.3 is 33.8 Å². The van der Waals surface area contributed by atoms with Crippen molar-refractivity contribution in [1.82, 2.24) is 0 Å². The molecule has 0 saturated carbocycles. The summed E-state index contributed by atoms with van der Waals surface area (Å²) in [6.45, 7) is 9.60. The lowest BCUT2D eigenvalue weighted by Gasteiger charge is -2.21. The molecule has 0 aromatic rings. The van der Waals surface area contributed by atoms with Crippen molar-refractivity contribution in [2.45, 2.75) is 387 Å². The maximum atomic E-state index is 13.0. The highest BCUT2D eigenvalue weighted by atomic mass is 31.2. The maximum absolute atomic E-state index is 13.0. The van der Waals surface area contributed by atoms with Gasteiger partial charge in [-0.15, -0.1) is 0 Å². The summed E-state index contributed by atoms with van der Waals surface area (Å²) < 4.78 is 68.3. The summed E-state index contributed by atoms with van der Waals surface area (Å²) in [6, 6.07) is 0. The highest BCUT2D eigenvalue weighted by Crippen LogP contribution is 2.45. The van der Waals surface area contributed by atoms with Crippen LogP contribution in [0.25, 0.3) is 0 Å². The molecule has 0 saturated heterocycles. The maximum Gasteiger partial charge on any atom is 0.472 e. The smallest absolute Gasteiger partial charge is 0.462 e. The van der Waals surface area contributed by atoms with Crippen molar-refractivity contribution < 1.29 is 80.2 Å². The molecule has 540 valence electrons. The Balaban J connectivity index is 5.24. The zero-order valence-corrected chi connectivity index (χ0v) is 60.9. The number of aliphatic hydroxyl groups excluding tert-OH is 1. The van der Waals surface area contributed by atoms with Crippen LogP contribution in [0.2, 0.25) is 0 Å². The van der Waals surface area contributed by atoms with Gasteiger partial charge in [-0.1, -0.05) is 318 Å². The molecule has 4 unspecified atom stereocenters. The lowest BCUT2D eigenvalue weighted by atomic mass is 9.99. The summed E-state index contributed by atoms with van der Waals surface area (Å²) in [5.74, 6) is -0.509. The van der Waals surface area contributed by atoms with E-state index in [0.29, 0.717) is 25.7 Å². The van der Waals surface area contributed by atoms with Crippen molar-refractivity contribution in [2.24, 2.45) is 11.8 Å². The van der Waals surface area contributed by atoms with Crippen molar-refractivity contribution in [3.05, 3.63) is 0 Å². The molecule has 19 heteroatoms. The molecule has 17 nitrogen and oxygen atoms in total. The zero-order chi connectivity index (χ0) is 67.2. The minimum Gasteiger partial charge on any atom is -0.462 e. The lowest BCUT2D eigenvalue weighted by Crippen LogP contribution is -2.30. The van der Waals surface area contributed by atoms with Crippen LogP contribution < -0.4 is 0 Å². The number of phosphoric acid groups is 2. The van der Waals surface area contributed by atoms with Crippen LogP contribution in [0.4, 0.5) is 0 Å². The molecule has 0 aromatic heterocycles.